The molecule has 28 heavy (non-hydrogen) atoms. The van der Waals surface area contributed by atoms with E-state index < -0.39 is 24.5 Å². The Morgan fingerprint density at radius 1 is 1.14 bits per heavy atom. The normalized spacial score (nSPS) is 24.9. The Balaban J connectivity index is 1.59. The van der Waals surface area contributed by atoms with Crippen LogP contribution < -0.4 is 5.32 Å². The van der Waals surface area contributed by atoms with E-state index >= 15 is 0 Å². The van der Waals surface area contributed by atoms with Gasteiger partial charge in [0.1, 0.15) is 24.6 Å². The van der Waals surface area contributed by atoms with Gasteiger partial charge >= 0.3 is 0 Å². The van der Waals surface area contributed by atoms with E-state index in [0.717, 1.165) is 19.4 Å². The van der Waals surface area contributed by atoms with Crippen molar-refractivity contribution >= 4 is 17.0 Å². The lowest BCUT2D eigenvalue weighted by Crippen LogP contribution is -2.33. The van der Waals surface area contributed by atoms with Crippen LogP contribution in [0.25, 0.3) is 11.2 Å². The van der Waals surface area contributed by atoms with Gasteiger partial charge in [0, 0.05) is 19.8 Å². The summed E-state index contributed by atoms with van der Waals surface area (Å²) in [6, 6.07) is 0. The molecule has 0 amide bonds. The lowest BCUT2D eigenvalue weighted by atomic mass is 10.1. The van der Waals surface area contributed by atoms with Crippen molar-refractivity contribution in [2.75, 3.05) is 31.7 Å². The smallest absolute Gasteiger partial charge is 0.167 e. The third kappa shape index (κ3) is 4.58. The average Bonchev–Trinajstić information content (AvgIpc) is 3.26. The first kappa shape index (κ1) is 20.9. The highest BCUT2D eigenvalue weighted by molar-refractivity contribution is 5.82. The van der Waals surface area contributed by atoms with Crippen molar-refractivity contribution in [3.05, 3.63) is 12.7 Å². The average molecular weight is 395 g/mol. The van der Waals surface area contributed by atoms with Crippen molar-refractivity contribution in [2.24, 2.45) is 0 Å². The summed E-state index contributed by atoms with van der Waals surface area (Å²) < 4.78 is 12.7. The van der Waals surface area contributed by atoms with Gasteiger partial charge in [0.05, 0.1) is 12.9 Å². The zero-order valence-corrected chi connectivity index (χ0v) is 16.1. The fourth-order valence-corrected chi connectivity index (χ4v) is 3.21. The lowest BCUT2D eigenvalue weighted by molar-refractivity contribution is -0.0511. The Bertz CT molecular complexity index is 742. The van der Waals surface area contributed by atoms with Crippen molar-refractivity contribution in [3.63, 3.8) is 0 Å². The molecule has 3 rings (SSSR count). The van der Waals surface area contributed by atoms with Crippen molar-refractivity contribution < 1.29 is 24.8 Å². The maximum absolute atomic E-state index is 10.2. The van der Waals surface area contributed by atoms with Gasteiger partial charge in [-0.3, -0.25) is 4.57 Å². The van der Waals surface area contributed by atoms with Crippen LogP contribution in [-0.4, -0.2) is 79.5 Å². The fraction of sp³-hybridized carbons (Fsp3) is 0.722. The lowest BCUT2D eigenvalue weighted by Gasteiger charge is -2.16. The Morgan fingerprint density at radius 3 is 2.71 bits per heavy atom. The molecule has 3 heterocycles. The van der Waals surface area contributed by atoms with Crippen LogP contribution in [0.15, 0.2) is 12.7 Å². The number of unbranched alkanes of at least 4 members (excludes halogenated alkanes) is 2. The fourth-order valence-electron chi connectivity index (χ4n) is 3.21. The van der Waals surface area contributed by atoms with E-state index in [0.29, 0.717) is 30.1 Å². The van der Waals surface area contributed by atoms with Gasteiger partial charge in [-0.15, -0.1) is 0 Å². The summed E-state index contributed by atoms with van der Waals surface area (Å²) in [5.41, 5.74) is 1.02. The minimum absolute atomic E-state index is 0.385. The van der Waals surface area contributed by atoms with Crippen LogP contribution in [0, 0.1) is 0 Å². The van der Waals surface area contributed by atoms with Crippen LogP contribution in [0.2, 0.25) is 0 Å². The van der Waals surface area contributed by atoms with Gasteiger partial charge in [-0.25, -0.2) is 15.0 Å². The molecule has 4 atom stereocenters. The molecule has 10 nitrogen and oxygen atoms in total. The Hall–Kier alpha value is -1.85. The summed E-state index contributed by atoms with van der Waals surface area (Å²) in [6.07, 6.45) is 3.11. The summed E-state index contributed by atoms with van der Waals surface area (Å²) in [5, 5.41) is 32.7. The summed E-state index contributed by atoms with van der Waals surface area (Å²) in [7, 11) is 0. The zero-order valence-electron chi connectivity index (χ0n) is 16.1. The zero-order chi connectivity index (χ0) is 19.9. The topological polar surface area (TPSA) is 135 Å². The minimum Gasteiger partial charge on any atom is -0.394 e. The number of nitrogens with zero attached hydrogens (tertiary/aromatic N) is 4. The SMILES string of the molecule is CCCCCOCCCNc1ncnc2c1ncn2C1OC(CO)C(O)C1O. The molecule has 0 spiro atoms. The molecule has 0 saturated carbocycles. The Labute approximate surface area is 163 Å². The van der Waals surface area contributed by atoms with Gasteiger partial charge in [-0.2, -0.15) is 0 Å². The number of ether oxygens (including phenoxy) is 2. The van der Waals surface area contributed by atoms with Crippen LogP contribution in [0.1, 0.15) is 38.8 Å². The largest absolute Gasteiger partial charge is 0.394 e. The highest BCUT2D eigenvalue weighted by Crippen LogP contribution is 2.31. The van der Waals surface area contributed by atoms with Crippen LogP contribution in [0.4, 0.5) is 5.82 Å². The van der Waals surface area contributed by atoms with Gasteiger partial charge in [-0.05, 0) is 12.8 Å². The predicted octanol–water partition coefficient (Wildman–Crippen LogP) is 0.447. The van der Waals surface area contributed by atoms with Crippen molar-refractivity contribution in [1.82, 2.24) is 19.5 Å². The van der Waals surface area contributed by atoms with E-state index in [2.05, 4.69) is 27.2 Å². The summed E-state index contributed by atoms with van der Waals surface area (Å²) in [5.74, 6) is 0.585. The first-order valence-corrected chi connectivity index (χ1v) is 9.79. The highest BCUT2D eigenvalue weighted by atomic mass is 16.6. The van der Waals surface area contributed by atoms with Gasteiger partial charge in [0.15, 0.2) is 23.2 Å². The molecule has 0 bridgehead atoms. The summed E-state index contributed by atoms with van der Waals surface area (Å²) in [4.78, 5) is 12.8. The van der Waals surface area contributed by atoms with E-state index in [4.69, 9.17) is 9.47 Å². The third-order valence-electron chi connectivity index (χ3n) is 4.80. The second kappa shape index (κ2) is 10.1. The Kier molecular flexibility index (Phi) is 7.51. The number of aliphatic hydroxyl groups is 3. The van der Waals surface area contributed by atoms with E-state index in [1.165, 1.54) is 25.5 Å². The number of hydrogen-bond acceptors (Lipinski definition) is 9. The molecule has 0 radical (unpaired) electrons. The number of anilines is 1. The first-order valence-electron chi connectivity index (χ1n) is 9.79. The first-order chi connectivity index (χ1) is 13.7. The van der Waals surface area contributed by atoms with Crippen LogP contribution in [0.5, 0.6) is 0 Å². The molecule has 4 N–H and O–H groups in total. The summed E-state index contributed by atoms with van der Waals surface area (Å²) in [6.45, 7) is 3.94. The number of nitrogens with one attached hydrogen (secondary N) is 1. The Morgan fingerprint density at radius 2 is 1.96 bits per heavy atom. The standard InChI is InChI=1S/C18H29N5O5/c1-2-3-4-7-27-8-5-6-19-16-13-17(21-10-20-16)23(11-22-13)18-15(26)14(25)12(9-24)28-18/h10-12,14-15,18,24-26H,2-9H2,1H3,(H,19,20,21). The van der Waals surface area contributed by atoms with Gasteiger partial charge in [0.25, 0.3) is 0 Å². The molecule has 1 fully saturated rings. The van der Waals surface area contributed by atoms with E-state index in [-0.39, 0.29) is 6.61 Å². The van der Waals surface area contributed by atoms with Crippen LogP contribution >= 0.6 is 0 Å². The molecular formula is C18H29N5O5. The molecule has 1 aliphatic heterocycles. The van der Waals surface area contributed by atoms with E-state index in [9.17, 15) is 15.3 Å². The second-order valence-electron chi connectivity index (χ2n) is 6.87. The number of aliphatic hydroxyl groups excluding tert-OH is 3. The monoisotopic (exact) mass is 395 g/mol. The molecule has 2 aromatic heterocycles. The minimum atomic E-state index is -1.19. The van der Waals surface area contributed by atoms with Crippen molar-refractivity contribution in [2.45, 2.75) is 57.1 Å². The predicted molar refractivity (Wildman–Crippen MR) is 102 cm³/mol. The number of aromatic nitrogens is 4. The van der Waals surface area contributed by atoms with Crippen molar-refractivity contribution in [3.8, 4) is 0 Å². The molecule has 1 saturated heterocycles. The molecule has 0 aliphatic carbocycles. The van der Waals surface area contributed by atoms with Gasteiger partial charge in [-0.1, -0.05) is 19.8 Å². The second-order valence-corrected chi connectivity index (χ2v) is 6.87. The van der Waals surface area contributed by atoms with Crippen LogP contribution in [-0.2, 0) is 9.47 Å². The van der Waals surface area contributed by atoms with Gasteiger partial charge < -0.3 is 30.1 Å². The molecule has 10 heteroatoms. The van der Waals surface area contributed by atoms with E-state index in [1.807, 2.05) is 0 Å². The van der Waals surface area contributed by atoms with Crippen molar-refractivity contribution in [1.29, 1.82) is 0 Å². The maximum Gasteiger partial charge on any atom is 0.167 e. The summed E-state index contributed by atoms with van der Waals surface area (Å²) >= 11 is 0. The van der Waals surface area contributed by atoms with Crippen LogP contribution in [0.3, 0.4) is 0 Å². The van der Waals surface area contributed by atoms with E-state index in [1.54, 1.807) is 4.57 Å². The van der Waals surface area contributed by atoms with Gasteiger partial charge in [0.2, 0.25) is 0 Å². The quantitative estimate of drug-likeness (QED) is 0.400. The number of hydrogen-bond donors (Lipinski definition) is 4. The highest BCUT2D eigenvalue weighted by Gasteiger charge is 2.44. The molecular weight excluding hydrogens is 366 g/mol. The number of fused-ring (bicyclic) bond motifs is 1. The molecule has 1 aliphatic rings. The third-order valence-corrected chi connectivity index (χ3v) is 4.80. The molecule has 0 aromatic carbocycles. The molecule has 2 aromatic rings. The number of imidazole rings is 1. The number of rotatable bonds is 11. The maximum atomic E-state index is 10.2. The molecule has 156 valence electrons. The molecule has 4 unspecified atom stereocenters.